The van der Waals surface area contributed by atoms with Crippen molar-refractivity contribution in [1.82, 2.24) is 30.4 Å². The summed E-state index contributed by atoms with van der Waals surface area (Å²) in [5, 5.41) is 12.3. The highest BCUT2D eigenvalue weighted by atomic mass is 16.5. The van der Waals surface area contributed by atoms with Crippen molar-refractivity contribution in [3.05, 3.63) is 59.2 Å². The number of hydrogen-bond donors (Lipinski definition) is 3. The summed E-state index contributed by atoms with van der Waals surface area (Å²) in [5.74, 6) is -0.147. The van der Waals surface area contributed by atoms with Crippen LogP contribution in [0, 0.1) is 0 Å². The van der Waals surface area contributed by atoms with Gasteiger partial charge >= 0.3 is 6.03 Å². The van der Waals surface area contributed by atoms with Crippen molar-refractivity contribution >= 4 is 17.5 Å². The molecule has 11 nitrogen and oxygen atoms in total. The van der Waals surface area contributed by atoms with Crippen LogP contribution in [0.15, 0.2) is 42.5 Å². The van der Waals surface area contributed by atoms with Crippen molar-refractivity contribution in [3.8, 4) is 22.5 Å². The normalized spacial score (nSPS) is 18.0. The lowest BCUT2D eigenvalue weighted by Crippen LogP contribution is -2.49. The van der Waals surface area contributed by atoms with Gasteiger partial charge in [-0.25, -0.2) is 9.80 Å². The predicted octanol–water partition coefficient (Wildman–Crippen LogP) is 2.42. The highest BCUT2D eigenvalue weighted by Crippen LogP contribution is 2.42. The molecule has 3 aromatic rings. The number of ketones is 1. The molecule has 2 fully saturated rings. The highest BCUT2D eigenvalue weighted by Gasteiger charge is 2.35. The van der Waals surface area contributed by atoms with Gasteiger partial charge < -0.3 is 14.8 Å². The Morgan fingerprint density at radius 2 is 1.75 bits per heavy atom. The van der Waals surface area contributed by atoms with E-state index in [4.69, 9.17) is 9.47 Å². The third-order valence-corrected chi connectivity index (χ3v) is 7.78. The first-order chi connectivity index (χ1) is 19.6. The average Bonchev–Trinajstić information content (AvgIpc) is 3.54. The van der Waals surface area contributed by atoms with Crippen LogP contribution < -0.4 is 10.7 Å². The van der Waals surface area contributed by atoms with Gasteiger partial charge in [0.2, 0.25) is 0 Å². The number of benzene rings is 2. The third kappa shape index (κ3) is 5.51. The van der Waals surface area contributed by atoms with Gasteiger partial charge in [0.15, 0.2) is 5.78 Å². The first-order valence-electron chi connectivity index (χ1n) is 13.8. The number of carbonyl (C=O) groups excluding carboxylic acids is 2. The lowest BCUT2D eigenvalue weighted by molar-refractivity contribution is 0.0207. The van der Waals surface area contributed by atoms with E-state index in [0.717, 1.165) is 51.4 Å². The number of ether oxygens (including phenoxy) is 2. The minimum Gasteiger partial charge on any atom is -0.383 e. The minimum atomic E-state index is -0.388. The number of amides is 2. The van der Waals surface area contributed by atoms with Crippen molar-refractivity contribution in [3.63, 3.8) is 0 Å². The number of methoxy groups -OCH3 is 1. The molecule has 0 atom stereocenters. The minimum absolute atomic E-state index is 0.147. The molecule has 40 heavy (non-hydrogen) atoms. The number of hydrazine groups is 1. The molecule has 0 saturated carbocycles. The van der Waals surface area contributed by atoms with Gasteiger partial charge in [0.1, 0.15) is 5.69 Å². The van der Waals surface area contributed by atoms with Gasteiger partial charge in [-0.1, -0.05) is 36.4 Å². The number of hydrogen-bond acceptors (Lipinski definition) is 8. The number of rotatable bonds is 8. The molecule has 3 N–H and O–H groups in total. The third-order valence-electron chi connectivity index (χ3n) is 7.78. The molecular formula is C29H35N7O4. The summed E-state index contributed by atoms with van der Waals surface area (Å²) in [4.78, 5) is 31.3. The molecule has 210 valence electrons. The topological polar surface area (TPSA) is 115 Å². The molecule has 2 aromatic carbocycles. The Kier molecular flexibility index (Phi) is 7.89. The molecule has 2 aliphatic heterocycles. The van der Waals surface area contributed by atoms with Crippen LogP contribution in [0.5, 0.6) is 0 Å². The second-order valence-corrected chi connectivity index (χ2v) is 10.4. The molecule has 0 unspecified atom stereocenters. The zero-order valence-corrected chi connectivity index (χ0v) is 22.7. The fourth-order valence-corrected chi connectivity index (χ4v) is 5.59. The van der Waals surface area contributed by atoms with Crippen LogP contribution >= 0.6 is 0 Å². The van der Waals surface area contributed by atoms with Crippen LogP contribution in [-0.2, 0) is 16.0 Å². The van der Waals surface area contributed by atoms with Crippen LogP contribution in [-0.4, -0.2) is 110 Å². The molecule has 2 saturated heterocycles. The number of fused-ring (bicyclic) bond motifs is 3. The Balaban J connectivity index is 1.13. The number of urea groups is 1. The van der Waals surface area contributed by atoms with Crippen molar-refractivity contribution in [2.45, 2.75) is 6.54 Å². The average molecular weight is 546 g/mol. The number of morpholine rings is 1. The lowest BCUT2D eigenvalue weighted by Gasteiger charge is -2.34. The highest BCUT2D eigenvalue weighted by molar-refractivity contribution is 6.26. The number of carbonyl (C=O) groups is 2. The molecule has 1 aromatic heterocycles. The molecular weight excluding hydrogens is 510 g/mol. The quantitative estimate of drug-likeness (QED) is 0.309. The van der Waals surface area contributed by atoms with E-state index < -0.39 is 0 Å². The van der Waals surface area contributed by atoms with E-state index in [2.05, 4.69) is 42.9 Å². The number of H-pyrrole nitrogens is 1. The van der Waals surface area contributed by atoms with Gasteiger partial charge in [0.25, 0.3) is 0 Å². The van der Waals surface area contributed by atoms with Crippen LogP contribution in [0.2, 0.25) is 0 Å². The predicted molar refractivity (Wildman–Crippen MR) is 151 cm³/mol. The second kappa shape index (κ2) is 11.9. The van der Waals surface area contributed by atoms with Gasteiger partial charge in [-0.05, 0) is 11.6 Å². The fourth-order valence-electron chi connectivity index (χ4n) is 5.59. The first kappa shape index (κ1) is 26.6. The van der Waals surface area contributed by atoms with Gasteiger partial charge in [-0.3, -0.25) is 25.1 Å². The van der Waals surface area contributed by atoms with Gasteiger partial charge in [0, 0.05) is 70.6 Å². The SMILES string of the molecule is COCCN1CCN(Cc2ccc(-c3[nH]nc4c3C(=O)c3c(NC(=O)NN5CCOCC5)cccc3-4)cc2)CC1. The van der Waals surface area contributed by atoms with Crippen LogP contribution in [0.1, 0.15) is 21.5 Å². The summed E-state index contributed by atoms with van der Waals surface area (Å²) in [6.07, 6.45) is 0. The Labute approximate surface area is 233 Å². The van der Waals surface area contributed by atoms with E-state index in [1.807, 2.05) is 24.3 Å². The van der Waals surface area contributed by atoms with Crippen molar-refractivity contribution < 1.29 is 19.1 Å². The zero-order valence-electron chi connectivity index (χ0n) is 22.7. The molecule has 0 radical (unpaired) electrons. The number of aromatic nitrogens is 2. The Bertz CT molecular complexity index is 1360. The molecule has 0 spiro atoms. The maximum Gasteiger partial charge on any atom is 0.333 e. The maximum absolute atomic E-state index is 13.7. The molecule has 3 heterocycles. The Morgan fingerprint density at radius 1 is 1.00 bits per heavy atom. The van der Waals surface area contributed by atoms with E-state index in [0.29, 0.717) is 60.1 Å². The van der Waals surface area contributed by atoms with Crippen molar-refractivity contribution in [2.75, 3.05) is 78.1 Å². The number of piperazine rings is 1. The summed E-state index contributed by atoms with van der Waals surface area (Å²) in [6, 6.07) is 13.4. The van der Waals surface area contributed by atoms with Crippen LogP contribution in [0.25, 0.3) is 22.5 Å². The Hall–Kier alpha value is -3.61. The van der Waals surface area contributed by atoms with Crippen LogP contribution in [0.3, 0.4) is 0 Å². The summed E-state index contributed by atoms with van der Waals surface area (Å²) >= 11 is 0. The standard InChI is InChI=1S/C29H35N7O4/c1-39-16-13-34-9-11-35(12-10-34)19-20-5-7-21(8-6-20)26-25-27(32-31-26)22-3-2-4-23(24(22)28(25)37)30-29(38)33-36-14-17-40-18-15-36/h2-8H,9-19H2,1H3,(H,31,32)(H2,30,33,38). The monoisotopic (exact) mass is 545 g/mol. The number of aromatic amines is 1. The van der Waals surface area contributed by atoms with Crippen molar-refractivity contribution in [2.24, 2.45) is 0 Å². The molecule has 1 aliphatic carbocycles. The summed E-state index contributed by atoms with van der Waals surface area (Å²) in [7, 11) is 1.75. The summed E-state index contributed by atoms with van der Waals surface area (Å²) in [5.41, 5.74) is 8.46. The molecule has 6 rings (SSSR count). The van der Waals surface area contributed by atoms with Crippen molar-refractivity contribution in [1.29, 1.82) is 0 Å². The van der Waals surface area contributed by atoms with Gasteiger partial charge in [0.05, 0.1) is 42.3 Å². The molecule has 11 heteroatoms. The number of nitrogens with zero attached hydrogens (tertiary/aromatic N) is 4. The Morgan fingerprint density at radius 3 is 2.50 bits per heavy atom. The summed E-state index contributed by atoms with van der Waals surface area (Å²) < 4.78 is 10.5. The number of anilines is 1. The largest absolute Gasteiger partial charge is 0.383 e. The number of nitrogens with one attached hydrogen (secondary N) is 3. The fraction of sp³-hybridized carbons (Fsp3) is 0.414. The van der Waals surface area contributed by atoms with Gasteiger partial charge in [-0.2, -0.15) is 5.10 Å². The first-order valence-corrected chi connectivity index (χ1v) is 13.8. The van der Waals surface area contributed by atoms with E-state index in [1.165, 1.54) is 5.56 Å². The lowest BCUT2D eigenvalue weighted by atomic mass is 10.0. The summed E-state index contributed by atoms with van der Waals surface area (Å²) in [6.45, 7) is 9.18. The van der Waals surface area contributed by atoms with Gasteiger partial charge in [-0.15, -0.1) is 0 Å². The maximum atomic E-state index is 13.7. The molecule has 2 amide bonds. The molecule has 0 bridgehead atoms. The molecule has 3 aliphatic rings. The van der Waals surface area contributed by atoms with E-state index >= 15 is 0 Å². The van der Waals surface area contributed by atoms with E-state index in [9.17, 15) is 9.59 Å². The zero-order chi connectivity index (χ0) is 27.5. The van der Waals surface area contributed by atoms with E-state index in [1.54, 1.807) is 18.2 Å². The smallest absolute Gasteiger partial charge is 0.333 e. The van der Waals surface area contributed by atoms with E-state index in [-0.39, 0.29) is 11.8 Å². The van der Waals surface area contributed by atoms with Crippen LogP contribution in [0.4, 0.5) is 10.5 Å². The second-order valence-electron chi connectivity index (χ2n) is 10.4.